The molecule has 4 aromatic rings. The highest BCUT2D eigenvalue weighted by atomic mass is 19.1. The SMILES string of the molecule is COC1CN(c2ccc(-c3nn4c(c3C(=O)N[C@H]3N=C(c5ccccc5)c5cccc(F)c5NC3=O)O[C@H](C)CC4)cn2)C1. The molecule has 2 aromatic heterocycles. The van der Waals surface area contributed by atoms with E-state index in [1.807, 2.05) is 49.4 Å². The van der Waals surface area contributed by atoms with Gasteiger partial charge in [-0.3, -0.25) is 9.59 Å². The highest BCUT2D eigenvalue weighted by molar-refractivity contribution is 6.20. The van der Waals surface area contributed by atoms with Gasteiger partial charge in [0.25, 0.3) is 11.8 Å². The van der Waals surface area contributed by atoms with Crippen LogP contribution in [0.15, 0.2) is 71.9 Å². The standard InChI is InChI=1S/C32H30FN7O4/c1-18-13-14-40-32(44-18)25(27(38-40)20-11-12-24(34-15-20)39-16-21(17-39)43-2)30(41)37-29-31(42)36-28-22(9-6-10-23(28)33)26(35-29)19-7-4-3-5-8-19/h3-12,15,18,21,29H,13-14,16-17H2,1-2H3,(H,36,42)(H,37,41)/t18-,29-/m1/s1. The molecule has 2 N–H and O–H groups in total. The van der Waals surface area contributed by atoms with Crippen LogP contribution in [0.2, 0.25) is 0 Å². The van der Waals surface area contributed by atoms with Crippen LogP contribution in [0, 0.1) is 5.82 Å². The number of rotatable bonds is 6. The van der Waals surface area contributed by atoms with Crippen molar-refractivity contribution in [3.05, 3.63) is 89.4 Å². The van der Waals surface area contributed by atoms with Gasteiger partial charge in [0.05, 0.1) is 23.6 Å². The number of aliphatic imine (C=N–C) groups is 1. The first-order chi connectivity index (χ1) is 21.4. The minimum absolute atomic E-state index is 0.00259. The second-order valence-corrected chi connectivity index (χ2v) is 11.0. The molecule has 224 valence electrons. The molecular formula is C32H30FN7O4. The number of hydrogen-bond donors (Lipinski definition) is 2. The Kier molecular flexibility index (Phi) is 7.05. The van der Waals surface area contributed by atoms with Crippen LogP contribution in [0.5, 0.6) is 5.88 Å². The minimum Gasteiger partial charge on any atom is -0.474 e. The fourth-order valence-corrected chi connectivity index (χ4v) is 5.58. The van der Waals surface area contributed by atoms with Gasteiger partial charge in [-0.05, 0) is 25.1 Å². The van der Waals surface area contributed by atoms with E-state index in [1.165, 1.54) is 6.07 Å². The van der Waals surface area contributed by atoms with Crippen molar-refractivity contribution < 1.29 is 23.5 Å². The van der Waals surface area contributed by atoms with E-state index >= 15 is 0 Å². The maximum Gasteiger partial charge on any atom is 0.269 e. The average Bonchev–Trinajstić information content (AvgIpc) is 3.32. The van der Waals surface area contributed by atoms with Gasteiger partial charge in [-0.2, -0.15) is 5.10 Å². The van der Waals surface area contributed by atoms with Gasteiger partial charge in [-0.1, -0.05) is 42.5 Å². The van der Waals surface area contributed by atoms with Crippen LogP contribution in [0.1, 0.15) is 34.8 Å². The topological polar surface area (TPSA) is 123 Å². The Balaban J connectivity index is 1.25. The van der Waals surface area contributed by atoms with Crippen molar-refractivity contribution >= 4 is 29.0 Å². The maximum absolute atomic E-state index is 14.9. The van der Waals surface area contributed by atoms with Gasteiger partial charge < -0.3 is 25.0 Å². The number of amides is 2. The summed E-state index contributed by atoms with van der Waals surface area (Å²) in [5, 5.41) is 10.1. The number of aromatic nitrogens is 3. The molecule has 3 aliphatic heterocycles. The molecule has 1 saturated heterocycles. The first kappa shape index (κ1) is 27.7. The Morgan fingerprint density at radius 2 is 1.91 bits per heavy atom. The summed E-state index contributed by atoms with van der Waals surface area (Å²) in [6.07, 6.45) is 1.08. The second-order valence-electron chi connectivity index (χ2n) is 11.0. The molecule has 5 heterocycles. The lowest BCUT2D eigenvalue weighted by atomic mass is 10.0. The number of hydrogen-bond acceptors (Lipinski definition) is 8. The van der Waals surface area contributed by atoms with E-state index in [0.717, 1.165) is 25.3 Å². The third-order valence-electron chi connectivity index (χ3n) is 8.06. The minimum atomic E-state index is -1.37. The van der Waals surface area contributed by atoms with Gasteiger partial charge in [-0.15, -0.1) is 0 Å². The van der Waals surface area contributed by atoms with E-state index in [9.17, 15) is 14.0 Å². The zero-order chi connectivity index (χ0) is 30.4. The van der Waals surface area contributed by atoms with E-state index in [1.54, 1.807) is 30.1 Å². The molecule has 2 amide bonds. The van der Waals surface area contributed by atoms with E-state index in [2.05, 4.69) is 25.5 Å². The van der Waals surface area contributed by atoms with E-state index in [0.29, 0.717) is 40.5 Å². The predicted octanol–water partition coefficient (Wildman–Crippen LogP) is 3.64. The Bertz CT molecular complexity index is 1770. The summed E-state index contributed by atoms with van der Waals surface area (Å²) in [5.74, 6) is -0.780. The number of pyridine rings is 1. The molecular weight excluding hydrogens is 565 g/mol. The summed E-state index contributed by atoms with van der Waals surface area (Å²) in [5.41, 5.74) is 2.61. The van der Waals surface area contributed by atoms with Crippen LogP contribution < -0.4 is 20.3 Å². The first-order valence-corrected chi connectivity index (χ1v) is 14.4. The van der Waals surface area contributed by atoms with Crippen molar-refractivity contribution in [2.75, 3.05) is 30.4 Å². The van der Waals surface area contributed by atoms with Crippen LogP contribution in [-0.2, 0) is 16.1 Å². The molecule has 0 aliphatic carbocycles. The summed E-state index contributed by atoms with van der Waals surface area (Å²) in [6.45, 7) is 3.99. The number of ether oxygens (including phenoxy) is 2. The first-order valence-electron chi connectivity index (χ1n) is 14.4. The van der Waals surface area contributed by atoms with E-state index < -0.39 is 23.8 Å². The van der Waals surface area contributed by atoms with Crippen molar-refractivity contribution in [2.24, 2.45) is 4.99 Å². The van der Waals surface area contributed by atoms with Crippen LogP contribution in [0.4, 0.5) is 15.9 Å². The number of halogens is 1. The average molecular weight is 596 g/mol. The number of para-hydroxylation sites is 1. The van der Waals surface area contributed by atoms with Gasteiger partial charge in [0, 0.05) is 56.1 Å². The van der Waals surface area contributed by atoms with Gasteiger partial charge in [-0.25, -0.2) is 19.0 Å². The molecule has 44 heavy (non-hydrogen) atoms. The van der Waals surface area contributed by atoms with Crippen molar-refractivity contribution in [1.29, 1.82) is 0 Å². The Morgan fingerprint density at radius 1 is 1.09 bits per heavy atom. The number of anilines is 2. The molecule has 2 atom stereocenters. The third-order valence-corrected chi connectivity index (χ3v) is 8.06. The number of carbonyl (C=O) groups excluding carboxylic acids is 2. The summed E-state index contributed by atoms with van der Waals surface area (Å²) >= 11 is 0. The number of benzene rings is 2. The predicted molar refractivity (Wildman–Crippen MR) is 162 cm³/mol. The number of nitrogens with one attached hydrogen (secondary N) is 2. The zero-order valence-corrected chi connectivity index (χ0v) is 24.2. The fourth-order valence-electron chi connectivity index (χ4n) is 5.58. The quantitative estimate of drug-likeness (QED) is 0.349. The van der Waals surface area contributed by atoms with Gasteiger partial charge in [0.2, 0.25) is 12.0 Å². The number of carbonyl (C=O) groups is 2. The van der Waals surface area contributed by atoms with Crippen molar-refractivity contribution in [3.63, 3.8) is 0 Å². The molecule has 0 spiro atoms. The number of methoxy groups -OCH3 is 1. The van der Waals surface area contributed by atoms with Crippen molar-refractivity contribution in [1.82, 2.24) is 20.1 Å². The van der Waals surface area contributed by atoms with Crippen LogP contribution in [0.3, 0.4) is 0 Å². The molecule has 1 fully saturated rings. The smallest absolute Gasteiger partial charge is 0.269 e. The lowest BCUT2D eigenvalue weighted by Gasteiger charge is -2.38. The second kappa shape index (κ2) is 11.2. The summed E-state index contributed by atoms with van der Waals surface area (Å²) < 4.78 is 28.1. The Morgan fingerprint density at radius 3 is 2.66 bits per heavy atom. The molecule has 0 saturated carbocycles. The molecule has 0 radical (unpaired) electrons. The van der Waals surface area contributed by atoms with Gasteiger partial charge >= 0.3 is 0 Å². The third kappa shape index (κ3) is 4.96. The Labute approximate surface area is 252 Å². The molecule has 7 rings (SSSR count). The summed E-state index contributed by atoms with van der Waals surface area (Å²) in [4.78, 5) is 38.9. The Hall–Kier alpha value is -5.10. The van der Waals surface area contributed by atoms with Crippen LogP contribution >= 0.6 is 0 Å². The largest absolute Gasteiger partial charge is 0.474 e. The number of nitrogens with zero attached hydrogens (tertiary/aromatic N) is 5. The van der Waals surface area contributed by atoms with Crippen molar-refractivity contribution in [2.45, 2.75) is 38.3 Å². The van der Waals surface area contributed by atoms with Crippen molar-refractivity contribution in [3.8, 4) is 17.1 Å². The lowest BCUT2D eigenvalue weighted by Crippen LogP contribution is -2.52. The van der Waals surface area contributed by atoms with E-state index in [-0.39, 0.29) is 23.5 Å². The molecule has 11 nitrogen and oxygen atoms in total. The monoisotopic (exact) mass is 595 g/mol. The number of fused-ring (bicyclic) bond motifs is 2. The highest BCUT2D eigenvalue weighted by Gasteiger charge is 2.35. The number of benzodiazepines with no additional fused rings is 1. The molecule has 3 aliphatic rings. The van der Waals surface area contributed by atoms with Crippen LogP contribution in [-0.4, -0.2) is 70.9 Å². The summed E-state index contributed by atoms with van der Waals surface area (Å²) in [7, 11) is 1.69. The van der Waals surface area contributed by atoms with Gasteiger partial charge in [0.1, 0.15) is 22.9 Å². The normalized spacial score (nSPS) is 19.5. The zero-order valence-electron chi connectivity index (χ0n) is 24.2. The highest BCUT2D eigenvalue weighted by Crippen LogP contribution is 2.35. The maximum atomic E-state index is 14.9. The molecule has 2 aromatic carbocycles. The lowest BCUT2D eigenvalue weighted by molar-refractivity contribution is -0.117. The summed E-state index contributed by atoms with van der Waals surface area (Å²) in [6, 6.07) is 17.4. The molecule has 0 bridgehead atoms. The molecule has 12 heteroatoms. The van der Waals surface area contributed by atoms with Gasteiger partial charge in [0.15, 0.2) is 0 Å². The van der Waals surface area contributed by atoms with Crippen LogP contribution in [0.25, 0.3) is 11.3 Å². The number of aryl methyl sites for hydroxylation is 1. The molecule has 0 unspecified atom stereocenters. The van der Waals surface area contributed by atoms with E-state index in [4.69, 9.17) is 14.6 Å². The fraction of sp³-hybridized carbons (Fsp3) is 0.281.